The Morgan fingerprint density at radius 3 is 2.36 bits per heavy atom. The van der Waals surface area contributed by atoms with Crippen LogP contribution in [0.15, 0.2) is 0 Å². The zero-order chi connectivity index (χ0) is 8.69. The molecule has 1 nitrogen and oxygen atoms in total. The summed E-state index contributed by atoms with van der Waals surface area (Å²) in [7, 11) is 0.233. The molecule has 0 aliphatic heterocycles. The van der Waals surface area contributed by atoms with E-state index in [0.29, 0.717) is 0 Å². The molecule has 0 radical (unpaired) electrons. The maximum Gasteiger partial charge on any atom is 0.0238 e. The highest BCUT2D eigenvalue weighted by Crippen LogP contribution is 1.99. The Labute approximate surface area is 73.8 Å². The van der Waals surface area contributed by atoms with E-state index in [0.717, 1.165) is 11.6 Å². The molecule has 0 fully saturated rings. The van der Waals surface area contributed by atoms with E-state index in [1.54, 1.807) is 0 Å². The van der Waals surface area contributed by atoms with Gasteiger partial charge < -0.3 is 5.32 Å². The predicted octanol–water partition coefficient (Wildman–Crippen LogP) is 1.79. The number of rotatable bonds is 6. The van der Waals surface area contributed by atoms with Gasteiger partial charge >= 0.3 is 0 Å². The lowest BCUT2D eigenvalue weighted by Gasteiger charge is -2.11. The summed E-state index contributed by atoms with van der Waals surface area (Å²) in [6.07, 6.45) is 1.25. The van der Waals surface area contributed by atoms with Gasteiger partial charge in [-0.05, 0) is 19.9 Å². The van der Waals surface area contributed by atoms with Gasteiger partial charge in [0.05, 0.1) is 0 Å². The van der Waals surface area contributed by atoms with Crippen molar-refractivity contribution in [3.05, 3.63) is 0 Å². The van der Waals surface area contributed by atoms with Crippen LogP contribution in [0.25, 0.3) is 0 Å². The van der Waals surface area contributed by atoms with Crippen molar-refractivity contribution in [1.29, 1.82) is 0 Å². The summed E-state index contributed by atoms with van der Waals surface area (Å²) >= 11 is 0. The molecular weight excluding hydrogens is 150 g/mol. The monoisotopic (exact) mass is 173 g/mol. The summed E-state index contributed by atoms with van der Waals surface area (Å²) in [5.41, 5.74) is 0.994. The van der Waals surface area contributed by atoms with Crippen LogP contribution in [0.3, 0.4) is 0 Å². The summed E-state index contributed by atoms with van der Waals surface area (Å²) in [6.45, 7) is 10.4. The van der Waals surface area contributed by atoms with Crippen molar-refractivity contribution in [2.75, 3.05) is 6.54 Å². The smallest absolute Gasteiger partial charge is 0.0238 e. The van der Waals surface area contributed by atoms with Gasteiger partial charge in [0.15, 0.2) is 0 Å². The van der Waals surface area contributed by atoms with Crippen LogP contribution in [-0.4, -0.2) is 22.1 Å². The third-order valence-corrected chi connectivity index (χ3v) is 3.98. The minimum atomic E-state index is 0.233. The topological polar surface area (TPSA) is 12.0 Å². The van der Waals surface area contributed by atoms with Crippen molar-refractivity contribution < 1.29 is 0 Å². The van der Waals surface area contributed by atoms with Crippen LogP contribution in [0.2, 0.25) is 11.6 Å². The third kappa shape index (κ3) is 8.08. The van der Waals surface area contributed by atoms with Crippen molar-refractivity contribution in [2.24, 2.45) is 0 Å². The average Bonchev–Trinajstić information content (AvgIpc) is 1.97. The fourth-order valence-corrected chi connectivity index (χ4v) is 2.23. The van der Waals surface area contributed by atoms with Gasteiger partial charge in [-0.25, -0.2) is 0 Å². The van der Waals surface area contributed by atoms with Gasteiger partial charge in [0.2, 0.25) is 0 Å². The molecule has 0 aromatic heterocycles. The maximum absolute atomic E-state index is 3.52. The lowest BCUT2D eigenvalue weighted by Crippen LogP contribution is -2.26. The first-order valence-corrected chi connectivity index (χ1v) is 6.71. The Balaban J connectivity index is 3.01. The largest absolute Gasteiger partial charge is 0.315 e. The molecule has 1 N–H and O–H groups in total. The molecule has 11 heavy (non-hydrogen) atoms. The highest BCUT2D eigenvalue weighted by atomic mass is 28.2. The summed E-state index contributed by atoms with van der Waals surface area (Å²) < 4.78 is 0. The third-order valence-electron chi connectivity index (χ3n) is 2.06. The first kappa shape index (κ1) is 11.2. The summed E-state index contributed by atoms with van der Waals surface area (Å²) in [4.78, 5) is 0. The number of hydrogen-bond acceptors (Lipinski definition) is 1. The van der Waals surface area contributed by atoms with Crippen LogP contribution in [-0.2, 0) is 0 Å². The molecule has 0 aliphatic rings. The summed E-state index contributed by atoms with van der Waals surface area (Å²) in [6, 6.07) is 2.18. The zero-order valence-electron chi connectivity index (χ0n) is 8.48. The Kier molecular flexibility index (Phi) is 6.97. The van der Waals surface area contributed by atoms with Crippen LogP contribution in [0, 0.1) is 0 Å². The fraction of sp³-hybridized carbons (Fsp3) is 1.00. The molecule has 1 unspecified atom stereocenters. The first-order chi connectivity index (χ1) is 5.16. The second kappa shape index (κ2) is 6.86. The van der Waals surface area contributed by atoms with Gasteiger partial charge in [-0.3, -0.25) is 0 Å². The van der Waals surface area contributed by atoms with Gasteiger partial charge in [-0.15, -0.1) is 0 Å². The SMILES string of the molecule is CCC(C)NCC[SiH2]C(C)C. The van der Waals surface area contributed by atoms with Crippen LogP contribution in [0.4, 0.5) is 0 Å². The van der Waals surface area contributed by atoms with Gasteiger partial charge in [-0.1, -0.05) is 32.4 Å². The van der Waals surface area contributed by atoms with E-state index in [2.05, 4.69) is 33.0 Å². The Bertz CT molecular complexity index is 83.6. The molecule has 0 rings (SSSR count). The fourth-order valence-electron chi connectivity index (χ4n) is 1.00. The second-order valence-corrected chi connectivity index (χ2v) is 6.72. The van der Waals surface area contributed by atoms with Gasteiger partial charge in [-0.2, -0.15) is 0 Å². The Morgan fingerprint density at radius 2 is 1.91 bits per heavy atom. The molecule has 0 amide bonds. The average molecular weight is 173 g/mol. The molecule has 0 saturated carbocycles. The predicted molar refractivity (Wildman–Crippen MR) is 56.2 cm³/mol. The molecule has 68 valence electrons. The highest BCUT2D eigenvalue weighted by molar-refractivity contribution is 6.37. The summed E-state index contributed by atoms with van der Waals surface area (Å²) in [5, 5.41) is 3.52. The van der Waals surface area contributed by atoms with Crippen molar-refractivity contribution >= 4 is 9.52 Å². The molecule has 0 spiro atoms. The minimum Gasteiger partial charge on any atom is -0.315 e. The van der Waals surface area contributed by atoms with E-state index in [4.69, 9.17) is 0 Å². The van der Waals surface area contributed by atoms with Gasteiger partial charge in [0.1, 0.15) is 0 Å². The van der Waals surface area contributed by atoms with Gasteiger partial charge in [0.25, 0.3) is 0 Å². The van der Waals surface area contributed by atoms with E-state index in [1.807, 2.05) is 0 Å². The number of nitrogens with one attached hydrogen (secondary N) is 1. The quantitative estimate of drug-likeness (QED) is 0.477. The molecule has 0 aromatic rings. The van der Waals surface area contributed by atoms with Crippen LogP contribution in [0.5, 0.6) is 0 Å². The van der Waals surface area contributed by atoms with Crippen molar-refractivity contribution in [3.63, 3.8) is 0 Å². The minimum absolute atomic E-state index is 0.233. The molecule has 0 bridgehead atoms. The Morgan fingerprint density at radius 1 is 1.27 bits per heavy atom. The standard InChI is InChI=1S/C9H23NSi/c1-5-9(4)10-6-7-11-8(2)3/h8-10H,5-7,11H2,1-4H3. The zero-order valence-corrected chi connectivity index (χ0v) is 9.90. The van der Waals surface area contributed by atoms with Crippen molar-refractivity contribution in [1.82, 2.24) is 5.32 Å². The number of hydrogen-bond donors (Lipinski definition) is 1. The van der Waals surface area contributed by atoms with Crippen LogP contribution in [0.1, 0.15) is 34.1 Å². The van der Waals surface area contributed by atoms with Crippen LogP contribution < -0.4 is 5.32 Å². The molecule has 2 heteroatoms. The Hall–Kier alpha value is 0.177. The molecule has 0 saturated heterocycles. The first-order valence-electron chi connectivity index (χ1n) is 4.90. The van der Waals surface area contributed by atoms with Crippen LogP contribution >= 0.6 is 0 Å². The molecule has 1 atom stereocenters. The normalized spacial score (nSPS) is 15.0. The highest BCUT2D eigenvalue weighted by Gasteiger charge is 1.97. The maximum atomic E-state index is 3.52. The molecule has 0 aliphatic carbocycles. The van der Waals surface area contributed by atoms with Gasteiger partial charge in [0, 0.05) is 15.6 Å². The molecule has 0 aromatic carbocycles. The van der Waals surface area contributed by atoms with E-state index in [9.17, 15) is 0 Å². The van der Waals surface area contributed by atoms with Crippen molar-refractivity contribution in [3.8, 4) is 0 Å². The molecule has 0 heterocycles. The lowest BCUT2D eigenvalue weighted by molar-refractivity contribution is 0.552. The van der Waals surface area contributed by atoms with E-state index in [1.165, 1.54) is 19.0 Å². The second-order valence-electron chi connectivity index (χ2n) is 3.80. The van der Waals surface area contributed by atoms with E-state index >= 15 is 0 Å². The van der Waals surface area contributed by atoms with Crippen molar-refractivity contribution in [2.45, 2.75) is 51.7 Å². The summed E-state index contributed by atoms with van der Waals surface area (Å²) in [5.74, 6) is 0. The van der Waals surface area contributed by atoms with E-state index in [-0.39, 0.29) is 9.52 Å². The molecular formula is C9H23NSi. The lowest BCUT2D eigenvalue weighted by atomic mass is 10.3. The van der Waals surface area contributed by atoms with E-state index < -0.39 is 0 Å².